The Morgan fingerprint density at radius 1 is 0.667 bits per heavy atom. The second-order valence-corrected chi connectivity index (χ2v) is 6.18. The third-order valence-electron chi connectivity index (χ3n) is 4.50. The van der Waals surface area contributed by atoms with Crippen LogP contribution < -0.4 is 5.32 Å². The van der Waals surface area contributed by atoms with E-state index in [-0.39, 0.29) is 18.2 Å². The van der Waals surface area contributed by atoms with Crippen LogP contribution >= 0.6 is 0 Å². The molecule has 0 aromatic heterocycles. The molecule has 3 aromatic carbocycles. The summed E-state index contributed by atoms with van der Waals surface area (Å²) in [5.41, 5.74) is 3.81. The molecular formula is C22H21NO. The summed E-state index contributed by atoms with van der Waals surface area (Å²) >= 11 is 0. The van der Waals surface area contributed by atoms with Gasteiger partial charge in [0.1, 0.15) is 6.10 Å². The standard InChI is InChI=1S/C22H21NO/c1-4-10-17(11-5-1)21(18-12-6-2-7-13-18)23-22(20-16-24-20)19-14-8-3-9-15-19/h1-15,20-23H,16H2/t20-,22+/m0/s1. The first kappa shape index (κ1) is 15.1. The van der Waals surface area contributed by atoms with Crippen molar-refractivity contribution in [3.8, 4) is 0 Å². The van der Waals surface area contributed by atoms with Crippen molar-refractivity contribution >= 4 is 0 Å². The first-order valence-electron chi connectivity index (χ1n) is 8.44. The van der Waals surface area contributed by atoms with E-state index in [1.807, 2.05) is 0 Å². The fourth-order valence-corrected chi connectivity index (χ4v) is 3.18. The Balaban J connectivity index is 1.68. The van der Waals surface area contributed by atoms with Crippen molar-refractivity contribution in [2.75, 3.05) is 6.61 Å². The van der Waals surface area contributed by atoms with Crippen LogP contribution in [0.5, 0.6) is 0 Å². The van der Waals surface area contributed by atoms with Crippen molar-refractivity contribution in [3.05, 3.63) is 108 Å². The van der Waals surface area contributed by atoms with Crippen molar-refractivity contribution in [1.82, 2.24) is 5.32 Å². The molecule has 1 aliphatic rings. The number of benzene rings is 3. The Hall–Kier alpha value is -2.42. The van der Waals surface area contributed by atoms with Gasteiger partial charge in [-0.05, 0) is 16.7 Å². The van der Waals surface area contributed by atoms with Crippen molar-refractivity contribution < 1.29 is 4.74 Å². The normalized spacial score (nSPS) is 17.6. The second kappa shape index (κ2) is 7.00. The van der Waals surface area contributed by atoms with Gasteiger partial charge in [0, 0.05) is 0 Å². The maximum atomic E-state index is 5.64. The van der Waals surface area contributed by atoms with Crippen LogP contribution in [0.2, 0.25) is 0 Å². The molecule has 1 saturated heterocycles. The lowest BCUT2D eigenvalue weighted by Gasteiger charge is -2.26. The van der Waals surface area contributed by atoms with Crippen LogP contribution in [0.1, 0.15) is 28.8 Å². The summed E-state index contributed by atoms with van der Waals surface area (Å²) < 4.78 is 5.64. The molecule has 2 atom stereocenters. The number of hydrogen-bond donors (Lipinski definition) is 1. The van der Waals surface area contributed by atoms with Crippen molar-refractivity contribution in [3.63, 3.8) is 0 Å². The van der Waals surface area contributed by atoms with Crippen LogP contribution in [0.4, 0.5) is 0 Å². The molecular weight excluding hydrogens is 294 g/mol. The topological polar surface area (TPSA) is 24.6 Å². The number of rotatable bonds is 6. The molecule has 1 fully saturated rings. The molecule has 2 heteroatoms. The predicted octanol–water partition coefficient (Wildman–Crippen LogP) is 4.51. The van der Waals surface area contributed by atoms with Crippen LogP contribution in [0, 0.1) is 0 Å². The van der Waals surface area contributed by atoms with E-state index in [1.54, 1.807) is 0 Å². The number of epoxide rings is 1. The average molecular weight is 315 g/mol. The zero-order valence-electron chi connectivity index (χ0n) is 13.5. The van der Waals surface area contributed by atoms with Crippen molar-refractivity contribution in [2.45, 2.75) is 18.2 Å². The van der Waals surface area contributed by atoms with Crippen LogP contribution in [0.15, 0.2) is 91.0 Å². The predicted molar refractivity (Wildman–Crippen MR) is 96.8 cm³/mol. The summed E-state index contributed by atoms with van der Waals surface area (Å²) in [5.74, 6) is 0. The van der Waals surface area contributed by atoms with Gasteiger partial charge in [-0.2, -0.15) is 0 Å². The Kier molecular flexibility index (Phi) is 4.41. The highest BCUT2D eigenvalue weighted by atomic mass is 16.6. The maximum Gasteiger partial charge on any atom is 0.100 e. The smallest absolute Gasteiger partial charge is 0.100 e. The van der Waals surface area contributed by atoms with Gasteiger partial charge in [0.15, 0.2) is 0 Å². The molecule has 1 N–H and O–H groups in total. The lowest BCUT2D eigenvalue weighted by Crippen LogP contribution is -2.30. The van der Waals surface area contributed by atoms with E-state index in [2.05, 4.69) is 96.3 Å². The van der Waals surface area contributed by atoms with E-state index in [4.69, 9.17) is 4.74 Å². The monoisotopic (exact) mass is 315 g/mol. The largest absolute Gasteiger partial charge is 0.371 e. The minimum atomic E-state index is 0.141. The first-order chi connectivity index (χ1) is 11.9. The lowest BCUT2D eigenvalue weighted by molar-refractivity contribution is 0.333. The van der Waals surface area contributed by atoms with Gasteiger partial charge in [0.05, 0.1) is 18.7 Å². The molecule has 1 aliphatic heterocycles. The molecule has 120 valence electrons. The summed E-state index contributed by atoms with van der Waals surface area (Å²) in [5, 5.41) is 3.84. The molecule has 0 saturated carbocycles. The van der Waals surface area contributed by atoms with Crippen LogP contribution in [-0.2, 0) is 4.74 Å². The van der Waals surface area contributed by atoms with Gasteiger partial charge in [0.2, 0.25) is 0 Å². The van der Waals surface area contributed by atoms with E-state index in [0.717, 1.165) is 6.61 Å². The molecule has 2 nitrogen and oxygen atoms in total. The summed E-state index contributed by atoms with van der Waals surface area (Å²) in [6, 6.07) is 32.1. The number of ether oxygens (including phenoxy) is 1. The Morgan fingerprint density at radius 3 is 1.50 bits per heavy atom. The third kappa shape index (κ3) is 3.40. The van der Waals surface area contributed by atoms with Gasteiger partial charge < -0.3 is 4.74 Å². The van der Waals surface area contributed by atoms with Crippen molar-refractivity contribution in [1.29, 1.82) is 0 Å². The van der Waals surface area contributed by atoms with Gasteiger partial charge in [-0.3, -0.25) is 5.32 Å². The molecule has 1 heterocycles. The summed E-state index contributed by atoms with van der Waals surface area (Å²) in [6.45, 7) is 0.822. The first-order valence-corrected chi connectivity index (χ1v) is 8.44. The lowest BCUT2D eigenvalue weighted by atomic mass is 9.95. The van der Waals surface area contributed by atoms with E-state index in [9.17, 15) is 0 Å². The Morgan fingerprint density at radius 2 is 1.08 bits per heavy atom. The van der Waals surface area contributed by atoms with Gasteiger partial charge in [0.25, 0.3) is 0 Å². The zero-order valence-corrected chi connectivity index (χ0v) is 13.5. The minimum absolute atomic E-state index is 0.141. The van der Waals surface area contributed by atoms with E-state index >= 15 is 0 Å². The molecule has 0 spiro atoms. The summed E-state index contributed by atoms with van der Waals surface area (Å²) in [7, 11) is 0. The fraction of sp³-hybridized carbons (Fsp3) is 0.182. The highest BCUT2D eigenvalue weighted by Crippen LogP contribution is 2.32. The van der Waals surface area contributed by atoms with E-state index < -0.39 is 0 Å². The van der Waals surface area contributed by atoms with Gasteiger partial charge in [-0.1, -0.05) is 91.0 Å². The maximum absolute atomic E-state index is 5.64. The quantitative estimate of drug-likeness (QED) is 0.677. The number of nitrogens with one attached hydrogen (secondary N) is 1. The Labute approximate surface area is 143 Å². The molecule has 3 aromatic rings. The van der Waals surface area contributed by atoms with E-state index in [1.165, 1.54) is 16.7 Å². The van der Waals surface area contributed by atoms with Crippen LogP contribution in [0.3, 0.4) is 0 Å². The fourth-order valence-electron chi connectivity index (χ4n) is 3.18. The highest BCUT2D eigenvalue weighted by molar-refractivity contribution is 5.33. The summed E-state index contributed by atoms with van der Waals surface area (Å²) in [6.07, 6.45) is 0.252. The minimum Gasteiger partial charge on any atom is -0.371 e. The Bertz CT molecular complexity index is 714. The molecule has 0 aliphatic carbocycles. The molecule has 0 radical (unpaired) electrons. The summed E-state index contributed by atoms with van der Waals surface area (Å²) in [4.78, 5) is 0. The molecule has 0 bridgehead atoms. The van der Waals surface area contributed by atoms with Crippen LogP contribution in [-0.4, -0.2) is 12.7 Å². The zero-order chi connectivity index (χ0) is 16.2. The third-order valence-corrected chi connectivity index (χ3v) is 4.50. The van der Waals surface area contributed by atoms with Gasteiger partial charge in [-0.25, -0.2) is 0 Å². The number of hydrogen-bond acceptors (Lipinski definition) is 2. The SMILES string of the molecule is c1ccc(C(N[C@H](c2ccccc2)[C@@H]2CO2)c2ccccc2)cc1. The van der Waals surface area contributed by atoms with E-state index in [0.29, 0.717) is 0 Å². The highest BCUT2D eigenvalue weighted by Gasteiger charge is 2.35. The molecule has 0 amide bonds. The second-order valence-electron chi connectivity index (χ2n) is 6.18. The average Bonchev–Trinajstić information content (AvgIpc) is 3.50. The van der Waals surface area contributed by atoms with Gasteiger partial charge >= 0.3 is 0 Å². The molecule has 24 heavy (non-hydrogen) atoms. The molecule has 0 unspecified atom stereocenters. The van der Waals surface area contributed by atoms with Crippen molar-refractivity contribution in [2.24, 2.45) is 0 Å². The van der Waals surface area contributed by atoms with Gasteiger partial charge in [-0.15, -0.1) is 0 Å². The van der Waals surface area contributed by atoms with Crippen LogP contribution in [0.25, 0.3) is 0 Å². The molecule has 4 rings (SSSR count).